The molecule has 0 aromatic heterocycles. The van der Waals surface area contributed by atoms with Gasteiger partial charge >= 0.3 is 0 Å². The van der Waals surface area contributed by atoms with Crippen molar-refractivity contribution in [3.8, 4) is 5.75 Å². The van der Waals surface area contributed by atoms with Crippen LogP contribution in [0.25, 0.3) is 0 Å². The van der Waals surface area contributed by atoms with Crippen LogP contribution < -0.4 is 9.46 Å². The summed E-state index contributed by atoms with van der Waals surface area (Å²) in [4.78, 5) is 27.0. The van der Waals surface area contributed by atoms with Gasteiger partial charge in [-0.15, -0.1) is 0 Å². The highest BCUT2D eigenvalue weighted by Gasteiger charge is 2.47. The topological polar surface area (TPSA) is 92.8 Å². The molecule has 164 valence electrons. The molecule has 1 N–H and O–H groups in total. The molecule has 0 radical (unpaired) electrons. The number of methoxy groups -OCH3 is 1. The summed E-state index contributed by atoms with van der Waals surface area (Å²) >= 11 is 0. The molecule has 2 aliphatic rings. The van der Waals surface area contributed by atoms with Crippen LogP contribution in [-0.2, 0) is 26.2 Å². The van der Waals surface area contributed by atoms with Crippen molar-refractivity contribution in [2.75, 3.05) is 11.8 Å². The van der Waals surface area contributed by atoms with E-state index in [9.17, 15) is 18.0 Å². The Morgan fingerprint density at radius 1 is 1.03 bits per heavy atom. The number of imide groups is 1. The van der Waals surface area contributed by atoms with Crippen LogP contribution in [0.3, 0.4) is 0 Å². The molecule has 2 fully saturated rings. The average molecular weight is 443 g/mol. The molecule has 0 unspecified atom stereocenters. The summed E-state index contributed by atoms with van der Waals surface area (Å²) in [6.45, 7) is 1.80. The Labute approximate surface area is 182 Å². The maximum absolute atomic E-state index is 13.0. The molecule has 2 atom stereocenters. The SMILES string of the molecule is COc1cccc(NS(=O)(=O)c2cc(CN3C(=O)[C@@H]4CCCC[C@H]4C3=O)ccc2C)c1. The number of hydrogen-bond acceptors (Lipinski definition) is 5. The predicted molar refractivity (Wildman–Crippen MR) is 116 cm³/mol. The summed E-state index contributed by atoms with van der Waals surface area (Å²) in [6, 6.07) is 11.7. The molecule has 1 saturated heterocycles. The quantitative estimate of drug-likeness (QED) is 0.692. The third-order valence-electron chi connectivity index (χ3n) is 6.14. The van der Waals surface area contributed by atoms with Gasteiger partial charge in [0.05, 0.1) is 36.1 Å². The van der Waals surface area contributed by atoms with Crippen LogP contribution in [0.2, 0.25) is 0 Å². The van der Waals surface area contributed by atoms with Crippen LogP contribution in [-0.4, -0.2) is 32.2 Å². The van der Waals surface area contributed by atoms with Crippen molar-refractivity contribution < 1.29 is 22.7 Å². The summed E-state index contributed by atoms with van der Waals surface area (Å²) in [7, 11) is -2.35. The summed E-state index contributed by atoms with van der Waals surface area (Å²) in [5, 5.41) is 0. The van der Waals surface area contributed by atoms with Crippen molar-refractivity contribution in [3.05, 3.63) is 53.6 Å². The van der Waals surface area contributed by atoms with Crippen LogP contribution in [0.4, 0.5) is 5.69 Å². The molecule has 8 heteroatoms. The van der Waals surface area contributed by atoms with Gasteiger partial charge in [-0.25, -0.2) is 8.42 Å². The maximum Gasteiger partial charge on any atom is 0.262 e. The number of likely N-dealkylation sites (tertiary alicyclic amines) is 1. The number of fused-ring (bicyclic) bond motifs is 1. The van der Waals surface area contributed by atoms with Gasteiger partial charge in [0.2, 0.25) is 11.8 Å². The number of sulfonamides is 1. The Morgan fingerprint density at radius 3 is 2.35 bits per heavy atom. The Morgan fingerprint density at radius 2 is 1.71 bits per heavy atom. The lowest BCUT2D eigenvalue weighted by Gasteiger charge is -2.19. The van der Waals surface area contributed by atoms with Crippen LogP contribution in [0, 0.1) is 18.8 Å². The largest absolute Gasteiger partial charge is 0.497 e. The van der Waals surface area contributed by atoms with E-state index < -0.39 is 10.0 Å². The number of benzene rings is 2. The van der Waals surface area contributed by atoms with E-state index in [-0.39, 0.29) is 35.1 Å². The minimum absolute atomic E-state index is 0.0899. The molecule has 7 nitrogen and oxygen atoms in total. The molecule has 0 spiro atoms. The molecule has 1 aliphatic heterocycles. The number of anilines is 1. The number of nitrogens with one attached hydrogen (secondary N) is 1. The summed E-state index contributed by atoms with van der Waals surface area (Å²) < 4.78 is 33.8. The minimum atomic E-state index is -3.87. The van der Waals surface area contributed by atoms with Gasteiger partial charge in [-0.3, -0.25) is 19.2 Å². The number of rotatable bonds is 6. The zero-order valence-corrected chi connectivity index (χ0v) is 18.4. The first-order valence-electron chi connectivity index (χ1n) is 10.4. The molecule has 0 bridgehead atoms. The monoisotopic (exact) mass is 442 g/mol. The third kappa shape index (κ3) is 4.17. The van der Waals surface area contributed by atoms with Crippen LogP contribution in [0.1, 0.15) is 36.8 Å². The second-order valence-electron chi connectivity index (χ2n) is 8.20. The number of amides is 2. The highest BCUT2D eigenvalue weighted by molar-refractivity contribution is 7.92. The number of carbonyl (C=O) groups is 2. The Bertz CT molecular complexity index is 1100. The van der Waals surface area contributed by atoms with E-state index in [0.29, 0.717) is 22.6 Å². The predicted octanol–water partition coefficient (Wildman–Crippen LogP) is 3.48. The number of aryl methyl sites for hydroxylation is 1. The Hall–Kier alpha value is -2.87. The van der Waals surface area contributed by atoms with Crippen molar-refractivity contribution in [1.29, 1.82) is 0 Å². The van der Waals surface area contributed by atoms with E-state index >= 15 is 0 Å². The molecule has 4 rings (SSSR count). The standard InChI is InChI=1S/C23H26N2O5S/c1-15-10-11-16(14-25-22(26)19-8-3-4-9-20(19)23(25)27)12-21(15)31(28,29)24-17-6-5-7-18(13-17)30-2/h5-7,10-13,19-20,24H,3-4,8-9,14H2,1-2H3/t19-,20-/m1/s1. The fraction of sp³-hybridized carbons (Fsp3) is 0.391. The van der Waals surface area contributed by atoms with Crippen LogP contribution >= 0.6 is 0 Å². The van der Waals surface area contributed by atoms with Gasteiger partial charge < -0.3 is 4.74 Å². The lowest BCUT2D eigenvalue weighted by Crippen LogP contribution is -2.30. The molecule has 1 aliphatic carbocycles. The third-order valence-corrected chi connectivity index (χ3v) is 7.66. The van der Waals surface area contributed by atoms with Crippen LogP contribution in [0.5, 0.6) is 5.75 Å². The van der Waals surface area contributed by atoms with Gasteiger partial charge in [-0.1, -0.05) is 31.0 Å². The fourth-order valence-electron chi connectivity index (χ4n) is 4.50. The number of hydrogen-bond donors (Lipinski definition) is 1. The molecular weight excluding hydrogens is 416 g/mol. The lowest BCUT2D eigenvalue weighted by atomic mass is 9.81. The molecule has 2 aromatic rings. The van der Waals surface area contributed by atoms with Crippen molar-refractivity contribution in [2.24, 2.45) is 11.8 Å². The average Bonchev–Trinajstić information content (AvgIpc) is 3.00. The van der Waals surface area contributed by atoms with Gasteiger partial charge in [0.25, 0.3) is 10.0 Å². The van der Waals surface area contributed by atoms with Crippen molar-refractivity contribution >= 4 is 27.5 Å². The molecule has 31 heavy (non-hydrogen) atoms. The van der Waals surface area contributed by atoms with E-state index in [0.717, 1.165) is 25.7 Å². The summed E-state index contributed by atoms with van der Waals surface area (Å²) in [5.74, 6) is -0.157. The number of ether oxygens (including phenoxy) is 1. The summed E-state index contributed by atoms with van der Waals surface area (Å²) in [6.07, 6.45) is 3.45. The van der Waals surface area contributed by atoms with Gasteiger partial charge in [-0.2, -0.15) is 0 Å². The van der Waals surface area contributed by atoms with E-state index in [1.165, 1.54) is 12.0 Å². The van der Waals surface area contributed by atoms with Gasteiger partial charge in [0.1, 0.15) is 5.75 Å². The Balaban J connectivity index is 1.58. The first kappa shape index (κ1) is 21.4. The number of nitrogens with zero attached hydrogens (tertiary/aromatic N) is 1. The molecular formula is C23H26N2O5S. The van der Waals surface area contributed by atoms with E-state index in [2.05, 4.69) is 4.72 Å². The highest BCUT2D eigenvalue weighted by atomic mass is 32.2. The van der Waals surface area contributed by atoms with E-state index in [4.69, 9.17) is 4.74 Å². The van der Waals surface area contributed by atoms with Gasteiger partial charge in [-0.05, 0) is 49.1 Å². The van der Waals surface area contributed by atoms with Crippen molar-refractivity contribution in [3.63, 3.8) is 0 Å². The maximum atomic E-state index is 13.0. The molecule has 2 amide bonds. The zero-order chi connectivity index (χ0) is 22.2. The van der Waals surface area contributed by atoms with Crippen LogP contribution in [0.15, 0.2) is 47.4 Å². The van der Waals surface area contributed by atoms with Crippen molar-refractivity contribution in [1.82, 2.24) is 4.90 Å². The first-order valence-corrected chi connectivity index (χ1v) is 11.9. The fourth-order valence-corrected chi connectivity index (χ4v) is 5.84. The van der Waals surface area contributed by atoms with Gasteiger partial charge in [0, 0.05) is 6.07 Å². The summed E-state index contributed by atoms with van der Waals surface area (Å²) in [5.41, 5.74) is 1.57. The second kappa shape index (κ2) is 8.34. The van der Waals surface area contributed by atoms with Crippen molar-refractivity contribution in [2.45, 2.75) is 44.0 Å². The minimum Gasteiger partial charge on any atom is -0.497 e. The molecule has 2 aromatic carbocycles. The van der Waals surface area contributed by atoms with E-state index in [1.54, 1.807) is 49.4 Å². The van der Waals surface area contributed by atoms with E-state index in [1.807, 2.05) is 0 Å². The normalized spacial score (nSPS) is 21.2. The highest BCUT2D eigenvalue weighted by Crippen LogP contribution is 2.38. The first-order chi connectivity index (χ1) is 14.8. The van der Waals surface area contributed by atoms with Gasteiger partial charge in [0.15, 0.2) is 0 Å². The molecule has 1 heterocycles. The number of carbonyl (C=O) groups excluding carboxylic acids is 2. The second-order valence-corrected chi connectivity index (χ2v) is 9.85. The lowest BCUT2D eigenvalue weighted by molar-refractivity contribution is -0.140. The smallest absolute Gasteiger partial charge is 0.262 e. The zero-order valence-electron chi connectivity index (χ0n) is 17.6. The molecule has 1 saturated carbocycles. The Kier molecular flexibility index (Phi) is 5.75.